The van der Waals surface area contributed by atoms with Crippen LogP contribution in [0.5, 0.6) is 0 Å². The molecule has 1 amide bonds. The summed E-state index contributed by atoms with van der Waals surface area (Å²) in [4.78, 5) is 26.5. The summed E-state index contributed by atoms with van der Waals surface area (Å²) in [5, 5.41) is 8.76. The Hall–Kier alpha value is -1.14. The van der Waals surface area contributed by atoms with E-state index in [0.29, 0.717) is 38.6 Å². The molecule has 21 heavy (non-hydrogen) atoms. The molecule has 1 saturated heterocycles. The molecule has 0 aromatic carbocycles. The highest BCUT2D eigenvalue weighted by molar-refractivity contribution is 5.76. The van der Waals surface area contributed by atoms with Crippen LogP contribution in [0.1, 0.15) is 33.1 Å². The third-order valence-electron chi connectivity index (χ3n) is 3.72. The van der Waals surface area contributed by atoms with Gasteiger partial charge in [-0.05, 0) is 13.0 Å². The van der Waals surface area contributed by atoms with Crippen LogP contribution in [0.3, 0.4) is 0 Å². The van der Waals surface area contributed by atoms with Gasteiger partial charge < -0.3 is 14.7 Å². The summed E-state index contributed by atoms with van der Waals surface area (Å²) in [6.45, 7) is 6.48. The molecule has 0 aromatic rings. The fraction of sp³-hybridized carbons (Fsp3) is 0.867. The molecule has 1 fully saturated rings. The molecule has 0 spiro atoms. The first-order valence-electron chi connectivity index (χ1n) is 7.72. The van der Waals surface area contributed by atoms with E-state index in [1.165, 1.54) is 0 Å². The maximum atomic E-state index is 12.3. The summed E-state index contributed by atoms with van der Waals surface area (Å²) in [6.07, 6.45) is 2.65. The minimum absolute atomic E-state index is 0.0126. The number of carboxylic acids is 1. The van der Waals surface area contributed by atoms with Gasteiger partial charge in [0, 0.05) is 26.1 Å². The Balaban J connectivity index is 2.40. The third-order valence-corrected chi connectivity index (χ3v) is 3.72. The van der Waals surface area contributed by atoms with E-state index in [4.69, 9.17) is 9.84 Å². The molecule has 0 saturated carbocycles. The van der Waals surface area contributed by atoms with E-state index in [1.807, 2.05) is 4.90 Å². The highest BCUT2D eigenvalue weighted by atomic mass is 16.5. The molecule has 0 bridgehead atoms. The molecule has 1 aliphatic heterocycles. The smallest absolute Gasteiger partial charge is 0.317 e. The van der Waals surface area contributed by atoms with Crippen LogP contribution in [0.2, 0.25) is 0 Å². The molecule has 2 atom stereocenters. The summed E-state index contributed by atoms with van der Waals surface area (Å²) in [7, 11) is 1.75. The van der Waals surface area contributed by atoms with Gasteiger partial charge in [-0.15, -0.1) is 0 Å². The van der Waals surface area contributed by atoms with Crippen LogP contribution < -0.4 is 0 Å². The first-order chi connectivity index (χ1) is 9.92. The van der Waals surface area contributed by atoms with Gasteiger partial charge in [-0.1, -0.05) is 26.7 Å². The number of nitrogens with zero attached hydrogens (tertiary/aromatic N) is 2. The van der Waals surface area contributed by atoms with E-state index in [2.05, 4.69) is 13.8 Å². The molecule has 2 unspecified atom stereocenters. The SMILES string of the molecule is CCCC(C)CC(=O)N1CCOC(CN(C)CC(=O)O)C1. The second-order valence-electron chi connectivity index (χ2n) is 6.02. The summed E-state index contributed by atoms with van der Waals surface area (Å²) in [5.74, 6) is -0.252. The number of likely N-dealkylation sites (N-methyl/N-ethyl adjacent to an activating group) is 1. The molecule has 1 heterocycles. The van der Waals surface area contributed by atoms with Crippen molar-refractivity contribution in [2.24, 2.45) is 5.92 Å². The first kappa shape index (κ1) is 17.9. The maximum absolute atomic E-state index is 12.3. The highest BCUT2D eigenvalue weighted by Crippen LogP contribution is 2.14. The average Bonchev–Trinajstić information content (AvgIpc) is 2.38. The van der Waals surface area contributed by atoms with E-state index < -0.39 is 5.97 Å². The second kappa shape index (κ2) is 9.00. The van der Waals surface area contributed by atoms with Crippen LogP contribution >= 0.6 is 0 Å². The van der Waals surface area contributed by atoms with E-state index in [-0.39, 0.29) is 18.6 Å². The zero-order valence-electron chi connectivity index (χ0n) is 13.4. The molecule has 1 aliphatic rings. The number of carbonyl (C=O) groups excluding carboxylic acids is 1. The van der Waals surface area contributed by atoms with Gasteiger partial charge in [-0.2, -0.15) is 0 Å². The highest BCUT2D eigenvalue weighted by Gasteiger charge is 2.26. The van der Waals surface area contributed by atoms with Crippen LogP contribution in [-0.4, -0.2) is 72.7 Å². The monoisotopic (exact) mass is 300 g/mol. The van der Waals surface area contributed by atoms with Gasteiger partial charge in [0.1, 0.15) is 0 Å². The molecule has 1 rings (SSSR count). The minimum atomic E-state index is -0.852. The maximum Gasteiger partial charge on any atom is 0.317 e. The van der Waals surface area contributed by atoms with Gasteiger partial charge in [0.2, 0.25) is 5.91 Å². The van der Waals surface area contributed by atoms with Crippen molar-refractivity contribution in [2.75, 3.05) is 39.8 Å². The van der Waals surface area contributed by atoms with Gasteiger partial charge in [-0.3, -0.25) is 14.5 Å². The number of amides is 1. The van der Waals surface area contributed by atoms with Gasteiger partial charge >= 0.3 is 5.97 Å². The van der Waals surface area contributed by atoms with Crippen LogP contribution in [0.25, 0.3) is 0 Å². The fourth-order valence-electron chi connectivity index (χ4n) is 2.72. The van der Waals surface area contributed by atoms with E-state index >= 15 is 0 Å². The van der Waals surface area contributed by atoms with Crippen LogP contribution in [-0.2, 0) is 14.3 Å². The Morgan fingerprint density at radius 3 is 2.81 bits per heavy atom. The number of rotatable bonds is 8. The van der Waals surface area contributed by atoms with Crippen molar-refractivity contribution < 1.29 is 19.4 Å². The van der Waals surface area contributed by atoms with Crippen LogP contribution in [0.4, 0.5) is 0 Å². The van der Waals surface area contributed by atoms with Gasteiger partial charge in [0.25, 0.3) is 0 Å². The van der Waals surface area contributed by atoms with Gasteiger partial charge in [-0.25, -0.2) is 0 Å². The molecular formula is C15H28N2O4. The van der Waals surface area contributed by atoms with E-state index in [0.717, 1.165) is 12.8 Å². The van der Waals surface area contributed by atoms with Gasteiger partial charge in [0.05, 0.1) is 19.3 Å². The molecule has 1 N–H and O–H groups in total. The largest absolute Gasteiger partial charge is 0.480 e. The summed E-state index contributed by atoms with van der Waals surface area (Å²) in [6, 6.07) is 0. The Kier molecular flexibility index (Phi) is 7.67. The molecule has 6 heteroatoms. The lowest BCUT2D eigenvalue weighted by atomic mass is 10.0. The van der Waals surface area contributed by atoms with Crippen LogP contribution in [0.15, 0.2) is 0 Å². The lowest BCUT2D eigenvalue weighted by Crippen LogP contribution is -2.49. The number of carboxylic acid groups (broad SMARTS) is 1. The number of hydrogen-bond acceptors (Lipinski definition) is 4. The predicted molar refractivity (Wildman–Crippen MR) is 80.1 cm³/mol. The third kappa shape index (κ3) is 6.91. The first-order valence-corrected chi connectivity index (χ1v) is 7.72. The molecule has 6 nitrogen and oxygen atoms in total. The Labute approximate surface area is 127 Å². The molecule has 0 radical (unpaired) electrons. The van der Waals surface area contributed by atoms with Crippen molar-refractivity contribution in [3.05, 3.63) is 0 Å². The van der Waals surface area contributed by atoms with Crippen molar-refractivity contribution >= 4 is 11.9 Å². The second-order valence-corrected chi connectivity index (χ2v) is 6.02. The Bertz CT molecular complexity index is 349. The van der Waals surface area contributed by atoms with Gasteiger partial charge in [0.15, 0.2) is 0 Å². The molecule has 0 aromatic heterocycles. The lowest BCUT2D eigenvalue weighted by molar-refractivity contribution is -0.143. The number of morpholine rings is 1. The summed E-state index contributed by atoms with van der Waals surface area (Å²) < 4.78 is 5.63. The standard InChI is InChI=1S/C15H28N2O4/c1-4-5-12(2)8-14(18)17-6-7-21-13(10-17)9-16(3)11-15(19)20/h12-13H,4-11H2,1-3H3,(H,19,20). The van der Waals surface area contributed by atoms with Crippen molar-refractivity contribution in [3.63, 3.8) is 0 Å². The number of carbonyl (C=O) groups is 2. The van der Waals surface area contributed by atoms with Crippen molar-refractivity contribution in [3.8, 4) is 0 Å². The van der Waals surface area contributed by atoms with Crippen molar-refractivity contribution in [1.29, 1.82) is 0 Å². The Morgan fingerprint density at radius 2 is 2.19 bits per heavy atom. The summed E-state index contributed by atoms with van der Waals surface area (Å²) in [5.41, 5.74) is 0. The van der Waals surface area contributed by atoms with E-state index in [9.17, 15) is 9.59 Å². The number of hydrogen-bond donors (Lipinski definition) is 1. The number of aliphatic carboxylic acids is 1. The van der Waals surface area contributed by atoms with Crippen molar-refractivity contribution in [2.45, 2.75) is 39.2 Å². The predicted octanol–water partition coefficient (Wildman–Crippen LogP) is 1.06. The zero-order valence-corrected chi connectivity index (χ0v) is 13.4. The molecule has 122 valence electrons. The average molecular weight is 300 g/mol. The lowest BCUT2D eigenvalue weighted by Gasteiger charge is -2.35. The number of ether oxygens (including phenoxy) is 1. The molecular weight excluding hydrogens is 272 g/mol. The fourth-order valence-corrected chi connectivity index (χ4v) is 2.72. The summed E-state index contributed by atoms with van der Waals surface area (Å²) >= 11 is 0. The van der Waals surface area contributed by atoms with Crippen molar-refractivity contribution in [1.82, 2.24) is 9.80 Å². The minimum Gasteiger partial charge on any atom is -0.480 e. The quantitative estimate of drug-likeness (QED) is 0.726. The zero-order chi connectivity index (χ0) is 15.8. The van der Waals surface area contributed by atoms with E-state index in [1.54, 1.807) is 11.9 Å². The Morgan fingerprint density at radius 1 is 1.48 bits per heavy atom. The topological polar surface area (TPSA) is 70.1 Å². The normalized spacial score (nSPS) is 20.6. The molecule has 0 aliphatic carbocycles. The van der Waals surface area contributed by atoms with Crippen LogP contribution in [0, 0.1) is 5.92 Å².